The van der Waals surface area contributed by atoms with Gasteiger partial charge >= 0.3 is 0 Å². The second-order valence-electron chi connectivity index (χ2n) is 8.76. The maximum Gasteiger partial charge on any atom is 0.255 e. The second-order valence-corrected chi connectivity index (χ2v) is 8.76. The number of benzene rings is 1. The first-order valence-electron chi connectivity index (χ1n) is 11.2. The van der Waals surface area contributed by atoms with Gasteiger partial charge in [-0.2, -0.15) is 0 Å². The lowest BCUT2D eigenvalue weighted by atomic mass is 9.93. The number of fused-ring (bicyclic) bond motifs is 2. The van der Waals surface area contributed by atoms with E-state index >= 15 is 0 Å². The molecule has 1 spiro atoms. The highest BCUT2D eigenvalue weighted by Gasteiger charge is 2.51. The van der Waals surface area contributed by atoms with Crippen LogP contribution in [0.4, 0.5) is 15.8 Å². The summed E-state index contributed by atoms with van der Waals surface area (Å²) in [5, 5.41) is 6.30. The van der Waals surface area contributed by atoms with Crippen LogP contribution in [-0.2, 0) is 10.2 Å². The van der Waals surface area contributed by atoms with Gasteiger partial charge in [0, 0.05) is 36.5 Å². The standard InChI is InChI=1S/C25H27FN4O4/c1-14(32-2)12-34-18-11-27-10-7-15(18)20-21(29-17-6-4-5-16(26)22(17)33-3)19-23(30-20)25(8-9-25)13-28-24(19)31/h4-7,10-11,14,29-30H,8-9,12-13H2,1-3H3,(H,28,31). The number of ether oxygens (including phenoxy) is 3. The zero-order chi connectivity index (χ0) is 23.9. The third kappa shape index (κ3) is 3.75. The van der Waals surface area contributed by atoms with Gasteiger partial charge in [-0.1, -0.05) is 6.07 Å². The van der Waals surface area contributed by atoms with Crippen molar-refractivity contribution < 1.29 is 23.4 Å². The van der Waals surface area contributed by atoms with E-state index in [0.29, 0.717) is 41.5 Å². The molecule has 1 aliphatic carbocycles. The fourth-order valence-corrected chi connectivity index (χ4v) is 4.38. The van der Waals surface area contributed by atoms with Crippen molar-refractivity contribution in [3.05, 3.63) is 53.7 Å². The molecule has 0 bridgehead atoms. The Kier molecular flexibility index (Phi) is 5.65. The molecule has 1 aliphatic heterocycles. The number of aromatic nitrogens is 2. The van der Waals surface area contributed by atoms with Crippen LogP contribution in [0.15, 0.2) is 36.7 Å². The van der Waals surface area contributed by atoms with Crippen molar-refractivity contribution in [3.8, 4) is 22.8 Å². The van der Waals surface area contributed by atoms with Crippen molar-refractivity contribution in [3.63, 3.8) is 0 Å². The Morgan fingerprint density at radius 2 is 2.09 bits per heavy atom. The minimum Gasteiger partial charge on any atom is -0.492 e. The Labute approximate surface area is 196 Å². The van der Waals surface area contributed by atoms with Gasteiger partial charge in [0.05, 0.1) is 42.0 Å². The highest BCUT2D eigenvalue weighted by Crippen LogP contribution is 2.54. The fraction of sp³-hybridized carbons (Fsp3) is 0.360. The zero-order valence-corrected chi connectivity index (χ0v) is 19.3. The van der Waals surface area contributed by atoms with Crippen LogP contribution >= 0.6 is 0 Å². The van der Waals surface area contributed by atoms with Crippen LogP contribution in [0.1, 0.15) is 35.8 Å². The molecule has 2 aromatic heterocycles. The maximum absolute atomic E-state index is 14.4. The lowest BCUT2D eigenvalue weighted by Crippen LogP contribution is -2.39. The second kappa shape index (κ2) is 8.64. The molecule has 5 rings (SSSR count). The lowest BCUT2D eigenvalue weighted by Gasteiger charge is -2.23. The van der Waals surface area contributed by atoms with E-state index in [2.05, 4.69) is 20.6 Å². The van der Waals surface area contributed by atoms with Crippen LogP contribution in [0.2, 0.25) is 0 Å². The summed E-state index contributed by atoms with van der Waals surface area (Å²) in [4.78, 5) is 20.8. The quantitative estimate of drug-likeness (QED) is 0.461. The first-order chi connectivity index (χ1) is 16.5. The van der Waals surface area contributed by atoms with Crippen molar-refractivity contribution in [2.24, 2.45) is 0 Å². The van der Waals surface area contributed by atoms with E-state index in [1.165, 1.54) is 13.2 Å². The number of halogens is 1. The lowest BCUT2D eigenvalue weighted by molar-refractivity contribution is 0.0717. The normalized spacial score (nSPS) is 16.5. The molecule has 1 atom stereocenters. The van der Waals surface area contributed by atoms with Crippen molar-refractivity contribution in [1.82, 2.24) is 15.3 Å². The molecule has 178 valence electrons. The number of para-hydroxylation sites is 1. The van der Waals surface area contributed by atoms with Crippen molar-refractivity contribution in [1.29, 1.82) is 0 Å². The Hall–Kier alpha value is -3.59. The summed E-state index contributed by atoms with van der Waals surface area (Å²) in [6, 6.07) is 6.46. The molecule has 3 aromatic rings. The van der Waals surface area contributed by atoms with E-state index in [9.17, 15) is 9.18 Å². The van der Waals surface area contributed by atoms with Gasteiger partial charge in [0.2, 0.25) is 0 Å². The molecule has 1 fully saturated rings. The number of carbonyl (C=O) groups excluding carboxylic acids is 1. The predicted molar refractivity (Wildman–Crippen MR) is 125 cm³/mol. The number of aromatic amines is 1. The SMILES string of the molecule is COc1c(F)cccc1Nc1c(-c2ccncc2OCC(C)OC)[nH]c2c1C(=O)NCC21CC1. The zero-order valence-electron chi connectivity index (χ0n) is 19.3. The molecule has 0 saturated heterocycles. The van der Waals surface area contributed by atoms with E-state index in [1.54, 1.807) is 31.6 Å². The van der Waals surface area contributed by atoms with Gasteiger partial charge in [-0.05, 0) is 38.0 Å². The Bertz CT molecular complexity index is 1240. The summed E-state index contributed by atoms with van der Waals surface area (Å²) in [6.45, 7) is 2.83. The van der Waals surface area contributed by atoms with Gasteiger partial charge < -0.3 is 29.8 Å². The largest absolute Gasteiger partial charge is 0.492 e. The van der Waals surface area contributed by atoms with Gasteiger partial charge in [-0.15, -0.1) is 0 Å². The number of anilines is 2. The van der Waals surface area contributed by atoms with Gasteiger partial charge in [0.1, 0.15) is 12.4 Å². The number of pyridine rings is 1. The molecule has 8 nitrogen and oxygen atoms in total. The van der Waals surface area contributed by atoms with Gasteiger partial charge in [0.25, 0.3) is 5.91 Å². The average Bonchev–Trinajstić information content (AvgIpc) is 3.53. The van der Waals surface area contributed by atoms with Gasteiger partial charge in [-0.25, -0.2) is 4.39 Å². The molecular weight excluding hydrogens is 439 g/mol. The number of amides is 1. The topological polar surface area (TPSA) is 97.5 Å². The van der Waals surface area contributed by atoms with Crippen LogP contribution < -0.4 is 20.1 Å². The molecule has 34 heavy (non-hydrogen) atoms. The highest BCUT2D eigenvalue weighted by molar-refractivity contribution is 6.07. The summed E-state index contributed by atoms with van der Waals surface area (Å²) in [7, 11) is 3.04. The van der Waals surface area contributed by atoms with E-state index in [0.717, 1.165) is 24.1 Å². The molecular formula is C25H27FN4O4. The molecule has 3 heterocycles. The number of nitrogens with zero attached hydrogens (tertiary/aromatic N) is 1. The fourth-order valence-electron chi connectivity index (χ4n) is 4.38. The summed E-state index contributed by atoms with van der Waals surface area (Å²) >= 11 is 0. The molecule has 0 radical (unpaired) electrons. The maximum atomic E-state index is 14.4. The first-order valence-corrected chi connectivity index (χ1v) is 11.2. The van der Waals surface area contributed by atoms with Crippen LogP contribution in [0.25, 0.3) is 11.3 Å². The van der Waals surface area contributed by atoms with E-state index in [4.69, 9.17) is 14.2 Å². The van der Waals surface area contributed by atoms with Crippen LogP contribution in [-0.4, -0.2) is 49.4 Å². The number of hydrogen-bond donors (Lipinski definition) is 3. The third-order valence-corrected chi connectivity index (χ3v) is 6.56. The van der Waals surface area contributed by atoms with E-state index < -0.39 is 5.82 Å². The number of methoxy groups -OCH3 is 2. The molecule has 1 amide bonds. The molecule has 2 aliphatic rings. The minimum atomic E-state index is -0.497. The molecule has 1 aromatic carbocycles. The van der Waals surface area contributed by atoms with Gasteiger partial charge in [-0.3, -0.25) is 9.78 Å². The summed E-state index contributed by atoms with van der Waals surface area (Å²) < 4.78 is 31.1. The summed E-state index contributed by atoms with van der Waals surface area (Å²) in [5.74, 6) is -0.0640. The molecule has 1 saturated carbocycles. The van der Waals surface area contributed by atoms with Crippen molar-refractivity contribution in [2.75, 3.05) is 32.7 Å². The number of carbonyl (C=O) groups is 1. The predicted octanol–water partition coefficient (Wildman–Crippen LogP) is 4.16. The Morgan fingerprint density at radius 3 is 2.82 bits per heavy atom. The molecule has 1 unspecified atom stereocenters. The first kappa shape index (κ1) is 22.2. The third-order valence-electron chi connectivity index (χ3n) is 6.56. The highest BCUT2D eigenvalue weighted by atomic mass is 19.1. The van der Waals surface area contributed by atoms with Gasteiger partial charge in [0.15, 0.2) is 11.6 Å². The average molecular weight is 467 g/mol. The van der Waals surface area contributed by atoms with Crippen molar-refractivity contribution >= 4 is 17.3 Å². The van der Waals surface area contributed by atoms with Crippen LogP contribution in [0, 0.1) is 5.82 Å². The van der Waals surface area contributed by atoms with Crippen LogP contribution in [0.3, 0.4) is 0 Å². The summed E-state index contributed by atoms with van der Waals surface area (Å²) in [5.41, 5.74) is 3.66. The smallest absolute Gasteiger partial charge is 0.255 e. The number of H-pyrrole nitrogens is 1. The Morgan fingerprint density at radius 1 is 1.26 bits per heavy atom. The number of rotatable bonds is 8. The van der Waals surface area contributed by atoms with Crippen LogP contribution in [0.5, 0.6) is 11.5 Å². The number of nitrogens with one attached hydrogen (secondary N) is 3. The summed E-state index contributed by atoms with van der Waals surface area (Å²) in [6.07, 6.45) is 5.15. The van der Waals surface area contributed by atoms with Crippen molar-refractivity contribution in [2.45, 2.75) is 31.3 Å². The Balaban J connectivity index is 1.66. The van der Waals surface area contributed by atoms with E-state index in [-0.39, 0.29) is 23.2 Å². The monoisotopic (exact) mass is 466 g/mol. The minimum absolute atomic E-state index is 0.0703. The molecule has 3 N–H and O–H groups in total. The molecule has 9 heteroatoms. The van der Waals surface area contributed by atoms with E-state index in [1.807, 2.05) is 13.0 Å². The number of hydrogen-bond acceptors (Lipinski definition) is 6.